The minimum absolute atomic E-state index is 0.00391. The van der Waals surface area contributed by atoms with Gasteiger partial charge in [-0.1, -0.05) is 34.1 Å². The first kappa shape index (κ1) is 19.4. The van der Waals surface area contributed by atoms with Crippen LogP contribution in [0, 0.1) is 29.1 Å². The summed E-state index contributed by atoms with van der Waals surface area (Å²) in [6.45, 7) is 8.82. The number of nitriles is 1. The van der Waals surface area contributed by atoms with Gasteiger partial charge in [-0.25, -0.2) is 4.98 Å². The molecule has 3 rings (SSSR count). The molecule has 2 unspecified atom stereocenters. The first-order valence-electron chi connectivity index (χ1n) is 10.0. The van der Waals surface area contributed by atoms with Gasteiger partial charge < -0.3 is 9.30 Å². The van der Waals surface area contributed by atoms with Gasteiger partial charge in [0.25, 0.3) is 0 Å². The second-order valence-corrected chi connectivity index (χ2v) is 8.14. The van der Waals surface area contributed by atoms with Crippen LogP contribution in [0.3, 0.4) is 0 Å². The molecule has 0 aliphatic heterocycles. The molecule has 1 fully saturated rings. The highest BCUT2D eigenvalue weighted by atomic mass is 16.5. The lowest BCUT2D eigenvalue weighted by Gasteiger charge is -2.36. The van der Waals surface area contributed by atoms with Gasteiger partial charge in [0, 0.05) is 6.42 Å². The van der Waals surface area contributed by atoms with E-state index in [0.717, 1.165) is 36.1 Å². The Kier molecular flexibility index (Phi) is 5.84. The number of carbonyl (C=O) groups excluding carboxylic acids is 1. The Morgan fingerprint density at radius 1 is 1.41 bits per heavy atom. The van der Waals surface area contributed by atoms with Crippen molar-refractivity contribution in [2.75, 3.05) is 0 Å². The number of imidazole rings is 1. The number of esters is 1. The second-order valence-electron chi connectivity index (χ2n) is 8.14. The van der Waals surface area contributed by atoms with Crippen LogP contribution in [0.25, 0.3) is 11.0 Å². The molecule has 1 aromatic heterocycles. The Bertz CT molecular complexity index is 862. The molecule has 1 aliphatic carbocycles. The van der Waals surface area contributed by atoms with Crippen molar-refractivity contribution < 1.29 is 9.53 Å². The number of aryl methyl sites for hydroxylation is 1. The van der Waals surface area contributed by atoms with E-state index in [9.17, 15) is 10.1 Å². The first-order valence-corrected chi connectivity index (χ1v) is 10.0. The minimum Gasteiger partial charge on any atom is -0.461 e. The van der Waals surface area contributed by atoms with E-state index in [4.69, 9.17) is 4.74 Å². The Balaban J connectivity index is 1.82. The van der Waals surface area contributed by atoms with Crippen molar-refractivity contribution in [3.05, 3.63) is 29.6 Å². The zero-order valence-electron chi connectivity index (χ0n) is 16.7. The SMILES string of the molecule is CCc1nc2ccc(C#N)cc2n1CC(=O)O[C@@H]1CC(C)CCC1C(C)C. The van der Waals surface area contributed by atoms with Crippen LogP contribution in [-0.4, -0.2) is 21.6 Å². The number of hydrogen-bond donors (Lipinski definition) is 0. The van der Waals surface area contributed by atoms with Crippen molar-refractivity contribution in [1.29, 1.82) is 5.26 Å². The van der Waals surface area contributed by atoms with E-state index >= 15 is 0 Å². The number of carbonyl (C=O) groups is 1. The van der Waals surface area contributed by atoms with Gasteiger partial charge in [0.2, 0.25) is 0 Å². The average Bonchev–Trinajstić information content (AvgIpc) is 2.98. The highest BCUT2D eigenvalue weighted by molar-refractivity contribution is 5.80. The lowest BCUT2D eigenvalue weighted by molar-refractivity contribution is -0.156. The van der Waals surface area contributed by atoms with Crippen molar-refractivity contribution >= 4 is 17.0 Å². The smallest absolute Gasteiger partial charge is 0.326 e. The van der Waals surface area contributed by atoms with Gasteiger partial charge in [0.15, 0.2) is 0 Å². The van der Waals surface area contributed by atoms with Crippen molar-refractivity contribution in [2.45, 2.75) is 66.0 Å². The largest absolute Gasteiger partial charge is 0.461 e. The summed E-state index contributed by atoms with van der Waals surface area (Å²) < 4.78 is 7.86. The number of ether oxygens (including phenoxy) is 1. The zero-order valence-corrected chi connectivity index (χ0v) is 16.7. The van der Waals surface area contributed by atoms with E-state index in [-0.39, 0.29) is 18.6 Å². The molecule has 0 bridgehead atoms. The maximum absolute atomic E-state index is 12.8. The minimum atomic E-state index is -0.212. The molecule has 0 amide bonds. The number of benzene rings is 1. The quantitative estimate of drug-likeness (QED) is 0.731. The number of hydrogen-bond acceptors (Lipinski definition) is 4. The molecule has 1 saturated carbocycles. The molecular weight excluding hydrogens is 338 g/mol. The predicted octanol–water partition coefficient (Wildman–Crippen LogP) is 4.47. The molecule has 27 heavy (non-hydrogen) atoms. The van der Waals surface area contributed by atoms with E-state index in [2.05, 4.69) is 31.8 Å². The maximum Gasteiger partial charge on any atom is 0.326 e. The third-order valence-electron chi connectivity index (χ3n) is 5.80. The van der Waals surface area contributed by atoms with Crippen LogP contribution in [-0.2, 0) is 22.5 Å². The molecule has 3 atom stereocenters. The highest BCUT2D eigenvalue weighted by Crippen LogP contribution is 2.35. The van der Waals surface area contributed by atoms with Crippen LogP contribution in [0.4, 0.5) is 0 Å². The Morgan fingerprint density at radius 3 is 2.85 bits per heavy atom. The van der Waals surface area contributed by atoms with Gasteiger partial charge in [-0.2, -0.15) is 5.26 Å². The molecule has 0 spiro atoms. The number of nitrogens with zero attached hydrogens (tertiary/aromatic N) is 3. The fraction of sp³-hybridized carbons (Fsp3) is 0.591. The standard InChI is InChI=1S/C22H29N3O2/c1-5-21-24-18-9-7-16(12-23)11-19(18)25(21)13-22(26)27-20-10-15(4)6-8-17(20)14(2)3/h7,9,11,14-15,17,20H,5-6,8,10,13H2,1-4H3/t15?,17?,20-/m1/s1. The summed E-state index contributed by atoms with van der Waals surface area (Å²) in [6.07, 6.45) is 3.99. The summed E-state index contributed by atoms with van der Waals surface area (Å²) in [7, 11) is 0. The molecule has 5 heteroatoms. The first-order chi connectivity index (χ1) is 12.9. The fourth-order valence-electron chi connectivity index (χ4n) is 4.27. The van der Waals surface area contributed by atoms with Crippen LogP contribution in [0.5, 0.6) is 0 Å². The molecule has 0 N–H and O–H groups in total. The summed E-state index contributed by atoms with van der Waals surface area (Å²) in [5, 5.41) is 9.18. The van der Waals surface area contributed by atoms with Gasteiger partial charge in [-0.3, -0.25) is 4.79 Å². The zero-order chi connectivity index (χ0) is 19.6. The van der Waals surface area contributed by atoms with Gasteiger partial charge >= 0.3 is 5.97 Å². The molecule has 0 saturated heterocycles. The molecule has 1 aromatic carbocycles. The molecule has 1 aliphatic rings. The molecule has 5 nitrogen and oxygen atoms in total. The van der Waals surface area contributed by atoms with E-state index in [0.29, 0.717) is 23.3 Å². The van der Waals surface area contributed by atoms with E-state index in [1.54, 1.807) is 12.1 Å². The monoisotopic (exact) mass is 367 g/mol. The van der Waals surface area contributed by atoms with Crippen molar-refractivity contribution in [2.24, 2.45) is 17.8 Å². The van der Waals surface area contributed by atoms with Crippen molar-refractivity contribution in [3.8, 4) is 6.07 Å². The van der Waals surface area contributed by atoms with Crippen LogP contribution in [0.2, 0.25) is 0 Å². The lowest BCUT2D eigenvalue weighted by Crippen LogP contribution is -2.36. The summed E-state index contributed by atoms with van der Waals surface area (Å²) in [6, 6.07) is 7.56. The molecule has 2 aromatic rings. The molecule has 1 heterocycles. The lowest BCUT2D eigenvalue weighted by atomic mass is 9.75. The normalized spacial score (nSPS) is 22.7. The molecular formula is C22H29N3O2. The Morgan fingerprint density at radius 2 is 2.19 bits per heavy atom. The van der Waals surface area contributed by atoms with Gasteiger partial charge in [0.1, 0.15) is 18.5 Å². The predicted molar refractivity (Wildman–Crippen MR) is 105 cm³/mol. The summed E-state index contributed by atoms with van der Waals surface area (Å²) in [4.78, 5) is 17.4. The van der Waals surface area contributed by atoms with Crippen molar-refractivity contribution in [3.63, 3.8) is 0 Å². The van der Waals surface area contributed by atoms with Crippen LogP contribution in [0.15, 0.2) is 18.2 Å². The molecule has 0 radical (unpaired) electrons. The summed E-state index contributed by atoms with van der Waals surface area (Å²) >= 11 is 0. The second kappa shape index (κ2) is 8.12. The topological polar surface area (TPSA) is 67.9 Å². The van der Waals surface area contributed by atoms with Gasteiger partial charge in [-0.05, 0) is 48.8 Å². The van der Waals surface area contributed by atoms with E-state index in [1.807, 2.05) is 17.6 Å². The Hall–Kier alpha value is -2.35. The number of fused-ring (bicyclic) bond motifs is 1. The maximum atomic E-state index is 12.8. The van der Waals surface area contributed by atoms with Gasteiger partial charge in [-0.15, -0.1) is 0 Å². The van der Waals surface area contributed by atoms with Crippen molar-refractivity contribution in [1.82, 2.24) is 9.55 Å². The summed E-state index contributed by atoms with van der Waals surface area (Å²) in [5.41, 5.74) is 2.20. The Labute approximate surface area is 161 Å². The van der Waals surface area contributed by atoms with Gasteiger partial charge in [0.05, 0.1) is 22.7 Å². The average molecular weight is 367 g/mol. The van der Waals surface area contributed by atoms with Crippen LogP contribution in [0.1, 0.15) is 58.3 Å². The van der Waals surface area contributed by atoms with Crippen LogP contribution >= 0.6 is 0 Å². The van der Waals surface area contributed by atoms with Crippen LogP contribution < -0.4 is 0 Å². The summed E-state index contributed by atoms with van der Waals surface area (Å²) in [5.74, 6) is 2.16. The number of rotatable bonds is 5. The van der Waals surface area contributed by atoms with E-state index in [1.165, 1.54) is 6.42 Å². The molecule has 144 valence electrons. The fourth-order valence-corrected chi connectivity index (χ4v) is 4.27. The third kappa shape index (κ3) is 4.16. The third-order valence-corrected chi connectivity index (χ3v) is 5.80. The number of aromatic nitrogens is 2. The van der Waals surface area contributed by atoms with E-state index < -0.39 is 0 Å². The highest BCUT2D eigenvalue weighted by Gasteiger charge is 2.33.